The third kappa shape index (κ3) is 5.41. The first-order chi connectivity index (χ1) is 16.2. The van der Waals surface area contributed by atoms with E-state index in [0.717, 1.165) is 23.3 Å². The van der Waals surface area contributed by atoms with Crippen molar-refractivity contribution in [2.45, 2.75) is 25.4 Å². The summed E-state index contributed by atoms with van der Waals surface area (Å²) in [5, 5.41) is 12.3. The fourth-order valence-electron chi connectivity index (χ4n) is 3.63. The molecular formula is C25H22F3N5O. The Labute approximate surface area is 195 Å². The summed E-state index contributed by atoms with van der Waals surface area (Å²) < 4.78 is 38.9. The number of carbonyl (C=O) groups excluding carboxylic acids is 1. The smallest absolute Gasteiger partial charge is 0.404 e. The van der Waals surface area contributed by atoms with Gasteiger partial charge in [-0.15, -0.1) is 0 Å². The molecule has 174 valence electrons. The zero-order valence-corrected chi connectivity index (χ0v) is 18.5. The normalized spacial score (nSPS) is 16.6. The monoisotopic (exact) mass is 465 g/mol. The van der Waals surface area contributed by atoms with Gasteiger partial charge in [0.2, 0.25) is 0 Å². The number of nitrogens with two attached hydrogens (primary N) is 1. The van der Waals surface area contributed by atoms with Crippen LogP contribution in [-0.4, -0.2) is 25.4 Å². The number of aliphatic imine (C=N–C) groups is 2. The lowest BCUT2D eigenvalue weighted by Gasteiger charge is -2.21. The van der Waals surface area contributed by atoms with E-state index in [0.29, 0.717) is 29.0 Å². The molecular weight excluding hydrogens is 443 g/mol. The number of hydrogen-bond donors (Lipinski definition) is 2. The quantitative estimate of drug-likeness (QED) is 0.597. The fourth-order valence-corrected chi connectivity index (χ4v) is 3.63. The van der Waals surface area contributed by atoms with Crippen LogP contribution in [-0.2, 0) is 6.18 Å². The SMILES string of the molecule is CN=CC(=CN)C1=C(C#N)CC(c2cc(NC(=O)c3cccc(C(F)(F)F)c3)ccc2C)C=N1. The van der Waals surface area contributed by atoms with Crippen molar-refractivity contribution in [1.29, 1.82) is 5.26 Å². The summed E-state index contributed by atoms with van der Waals surface area (Å²) in [6, 6.07) is 11.6. The summed E-state index contributed by atoms with van der Waals surface area (Å²) in [7, 11) is 1.59. The van der Waals surface area contributed by atoms with Crippen molar-refractivity contribution < 1.29 is 18.0 Å². The number of rotatable bonds is 5. The molecule has 0 radical (unpaired) electrons. The highest BCUT2D eigenvalue weighted by atomic mass is 19.4. The molecule has 9 heteroatoms. The van der Waals surface area contributed by atoms with E-state index in [1.54, 1.807) is 31.5 Å². The highest BCUT2D eigenvalue weighted by Gasteiger charge is 2.31. The topological polar surface area (TPSA) is 104 Å². The largest absolute Gasteiger partial charge is 0.416 e. The van der Waals surface area contributed by atoms with E-state index < -0.39 is 17.6 Å². The summed E-state index contributed by atoms with van der Waals surface area (Å²) in [6.45, 7) is 1.89. The molecule has 1 atom stereocenters. The Hall–Kier alpha value is -4.19. The zero-order valence-electron chi connectivity index (χ0n) is 18.5. The average Bonchev–Trinajstić information content (AvgIpc) is 2.83. The van der Waals surface area contributed by atoms with Gasteiger partial charge in [-0.1, -0.05) is 12.1 Å². The van der Waals surface area contributed by atoms with E-state index in [-0.39, 0.29) is 11.5 Å². The van der Waals surface area contributed by atoms with Gasteiger partial charge >= 0.3 is 6.18 Å². The fraction of sp³-hybridized carbons (Fsp3) is 0.200. The highest BCUT2D eigenvalue weighted by Crippen LogP contribution is 2.34. The second kappa shape index (κ2) is 10.2. The lowest BCUT2D eigenvalue weighted by atomic mass is 9.87. The third-order valence-electron chi connectivity index (χ3n) is 5.34. The summed E-state index contributed by atoms with van der Waals surface area (Å²) in [5.74, 6) is -0.893. The minimum absolute atomic E-state index is 0.103. The van der Waals surface area contributed by atoms with Gasteiger partial charge in [-0.05, 0) is 54.8 Å². The van der Waals surface area contributed by atoms with Crippen LogP contribution in [0.4, 0.5) is 18.9 Å². The number of allylic oxidation sites excluding steroid dienone is 2. The van der Waals surface area contributed by atoms with Crippen LogP contribution in [0.1, 0.15) is 39.4 Å². The molecule has 1 aliphatic rings. The number of alkyl halides is 3. The Morgan fingerprint density at radius 2 is 2.06 bits per heavy atom. The van der Waals surface area contributed by atoms with Crippen molar-refractivity contribution in [2.75, 3.05) is 12.4 Å². The Bertz CT molecular complexity index is 1270. The number of nitrogens with zero attached hydrogens (tertiary/aromatic N) is 3. The molecule has 6 nitrogen and oxygen atoms in total. The minimum atomic E-state index is -4.54. The molecule has 3 N–H and O–H groups in total. The molecule has 0 aliphatic carbocycles. The van der Waals surface area contributed by atoms with E-state index >= 15 is 0 Å². The Balaban J connectivity index is 1.86. The van der Waals surface area contributed by atoms with Crippen molar-refractivity contribution in [3.63, 3.8) is 0 Å². The number of carbonyl (C=O) groups is 1. The van der Waals surface area contributed by atoms with Gasteiger partial charge in [-0.2, -0.15) is 18.4 Å². The van der Waals surface area contributed by atoms with E-state index in [1.807, 2.05) is 6.92 Å². The number of halogens is 3. The lowest BCUT2D eigenvalue weighted by Crippen LogP contribution is -2.15. The van der Waals surface area contributed by atoms with Crippen LogP contribution in [0, 0.1) is 18.3 Å². The van der Waals surface area contributed by atoms with Crippen LogP contribution in [0.2, 0.25) is 0 Å². The number of hydrogen-bond acceptors (Lipinski definition) is 5. The number of nitrogens with one attached hydrogen (secondary N) is 1. The van der Waals surface area contributed by atoms with E-state index in [1.165, 1.54) is 24.5 Å². The molecule has 0 fully saturated rings. The summed E-state index contributed by atoms with van der Waals surface area (Å²) in [6.07, 6.45) is 0.409. The molecule has 0 saturated carbocycles. The molecule has 0 spiro atoms. The number of benzene rings is 2. The van der Waals surface area contributed by atoms with Gasteiger partial charge in [0.25, 0.3) is 5.91 Å². The van der Waals surface area contributed by atoms with Crippen LogP contribution in [0.25, 0.3) is 0 Å². The standard InChI is InChI=1S/C25H22F3N5O/c1-15-6-7-21(33-24(34)16-4-3-5-20(9-16)25(26,27)28)10-22(15)18-8-17(11-29)23(32-14-18)19(12-30)13-31-2/h3-7,9-10,12-14,18H,8,30H2,1-2H3,(H,33,34). The number of amides is 1. The summed E-state index contributed by atoms with van der Waals surface area (Å²) in [4.78, 5) is 21.0. The summed E-state index contributed by atoms with van der Waals surface area (Å²) in [5.41, 5.74) is 8.26. The first-order valence-corrected chi connectivity index (χ1v) is 10.3. The van der Waals surface area contributed by atoms with Gasteiger partial charge in [0.15, 0.2) is 0 Å². The number of aryl methyl sites for hydroxylation is 1. The maximum absolute atomic E-state index is 13.0. The van der Waals surface area contributed by atoms with E-state index in [4.69, 9.17) is 5.73 Å². The van der Waals surface area contributed by atoms with Gasteiger partial charge < -0.3 is 11.1 Å². The number of nitriles is 1. The van der Waals surface area contributed by atoms with Crippen LogP contribution >= 0.6 is 0 Å². The maximum Gasteiger partial charge on any atom is 0.416 e. The second-order valence-corrected chi connectivity index (χ2v) is 7.64. The first kappa shape index (κ1) is 24.5. The molecule has 1 heterocycles. The van der Waals surface area contributed by atoms with Gasteiger partial charge in [0.1, 0.15) is 0 Å². The molecule has 2 aromatic carbocycles. The first-order valence-electron chi connectivity index (χ1n) is 10.3. The van der Waals surface area contributed by atoms with Gasteiger partial charge in [-0.25, -0.2) is 0 Å². The zero-order chi connectivity index (χ0) is 24.9. The van der Waals surface area contributed by atoms with Crippen molar-refractivity contribution in [1.82, 2.24) is 0 Å². The summed E-state index contributed by atoms with van der Waals surface area (Å²) >= 11 is 0. The molecule has 0 bridgehead atoms. The van der Waals surface area contributed by atoms with Crippen molar-refractivity contribution in [2.24, 2.45) is 15.7 Å². The van der Waals surface area contributed by atoms with Crippen LogP contribution in [0.3, 0.4) is 0 Å². The van der Waals surface area contributed by atoms with Gasteiger partial charge in [0.05, 0.1) is 22.9 Å². The average molecular weight is 465 g/mol. The molecule has 2 aromatic rings. The Morgan fingerprint density at radius 3 is 2.71 bits per heavy atom. The number of anilines is 1. The second-order valence-electron chi connectivity index (χ2n) is 7.64. The minimum Gasteiger partial charge on any atom is -0.404 e. The molecule has 1 aliphatic heterocycles. The lowest BCUT2D eigenvalue weighted by molar-refractivity contribution is -0.137. The Kier molecular flexibility index (Phi) is 7.31. The van der Waals surface area contributed by atoms with Crippen molar-refractivity contribution in [3.8, 4) is 6.07 Å². The maximum atomic E-state index is 13.0. The van der Waals surface area contributed by atoms with Crippen molar-refractivity contribution in [3.05, 3.63) is 87.8 Å². The van der Waals surface area contributed by atoms with Crippen LogP contribution in [0.5, 0.6) is 0 Å². The Morgan fingerprint density at radius 1 is 1.29 bits per heavy atom. The molecule has 3 rings (SSSR count). The molecule has 0 saturated heterocycles. The van der Waals surface area contributed by atoms with Crippen LogP contribution in [0.15, 0.2) is 75.5 Å². The molecule has 1 amide bonds. The van der Waals surface area contributed by atoms with Gasteiger partial charge in [0, 0.05) is 48.4 Å². The van der Waals surface area contributed by atoms with E-state index in [9.17, 15) is 23.2 Å². The van der Waals surface area contributed by atoms with Crippen molar-refractivity contribution >= 4 is 24.0 Å². The molecule has 1 unspecified atom stereocenters. The van der Waals surface area contributed by atoms with Crippen LogP contribution < -0.4 is 11.1 Å². The predicted molar refractivity (Wildman–Crippen MR) is 126 cm³/mol. The van der Waals surface area contributed by atoms with E-state index in [2.05, 4.69) is 21.4 Å². The third-order valence-corrected chi connectivity index (χ3v) is 5.34. The molecule has 0 aromatic heterocycles. The van der Waals surface area contributed by atoms with Gasteiger partial charge in [-0.3, -0.25) is 14.8 Å². The highest BCUT2D eigenvalue weighted by molar-refractivity contribution is 6.04. The predicted octanol–water partition coefficient (Wildman–Crippen LogP) is 5.15. The molecule has 34 heavy (non-hydrogen) atoms.